The van der Waals surface area contributed by atoms with E-state index in [-0.39, 0.29) is 5.91 Å². The summed E-state index contributed by atoms with van der Waals surface area (Å²) in [4.78, 5) is 11.9. The molecule has 1 fully saturated rings. The summed E-state index contributed by atoms with van der Waals surface area (Å²) in [5.41, 5.74) is 1.89. The van der Waals surface area contributed by atoms with Crippen LogP contribution in [0.15, 0.2) is 30.3 Å². The first kappa shape index (κ1) is 16.5. The summed E-state index contributed by atoms with van der Waals surface area (Å²) in [6.45, 7) is 5.54. The third kappa shape index (κ3) is 4.58. The van der Waals surface area contributed by atoms with E-state index in [0.717, 1.165) is 16.9 Å². The monoisotopic (exact) mass is 305 g/mol. The van der Waals surface area contributed by atoms with E-state index in [9.17, 15) is 4.79 Å². The molecular formula is C17H23NO4. The largest absolute Gasteiger partial charge is 0.497 e. The molecule has 1 aliphatic heterocycles. The molecule has 0 atom stereocenters. The lowest BCUT2D eigenvalue weighted by atomic mass is 10.1. The first-order valence-corrected chi connectivity index (χ1v) is 7.41. The van der Waals surface area contributed by atoms with Crippen LogP contribution in [-0.2, 0) is 14.3 Å². The molecule has 0 radical (unpaired) electrons. The van der Waals surface area contributed by atoms with E-state index in [1.165, 1.54) is 0 Å². The van der Waals surface area contributed by atoms with Gasteiger partial charge in [0.15, 0.2) is 5.79 Å². The molecule has 1 aromatic carbocycles. The van der Waals surface area contributed by atoms with Crippen molar-refractivity contribution in [2.45, 2.75) is 26.1 Å². The number of methoxy groups -OCH3 is 1. The van der Waals surface area contributed by atoms with Crippen LogP contribution in [0.25, 0.3) is 5.57 Å². The molecule has 1 aromatic rings. The molecular weight excluding hydrogens is 282 g/mol. The van der Waals surface area contributed by atoms with Crippen LogP contribution in [0.3, 0.4) is 0 Å². The van der Waals surface area contributed by atoms with Crippen LogP contribution in [0.5, 0.6) is 5.75 Å². The minimum Gasteiger partial charge on any atom is -0.497 e. The van der Waals surface area contributed by atoms with Crippen LogP contribution in [0.2, 0.25) is 0 Å². The standard InChI is InChI=1S/C17H23NO4/c1-13(14-4-6-15(20-3)7-5-14)12-16(19)18-9-8-17(2)21-10-11-22-17/h4-7,12H,8-11H2,1-3H3,(H,18,19)/b13-12+. The quantitative estimate of drug-likeness (QED) is 0.820. The number of hydrogen-bond acceptors (Lipinski definition) is 4. The Morgan fingerprint density at radius 2 is 1.95 bits per heavy atom. The second-order valence-corrected chi connectivity index (χ2v) is 5.43. The molecule has 1 N–H and O–H groups in total. The van der Waals surface area contributed by atoms with Crippen LogP contribution < -0.4 is 10.1 Å². The third-order valence-electron chi connectivity index (χ3n) is 3.67. The lowest BCUT2D eigenvalue weighted by Crippen LogP contribution is -2.33. The maximum Gasteiger partial charge on any atom is 0.244 e. The van der Waals surface area contributed by atoms with E-state index < -0.39 is 5.79 Å². The molecule has 1 saturated heterocycles. The van der Waals surface area contributed by atoms with Crippen LogP contribution in [0, 0.1) is 0 Å². The fourth-order valence-corrected chi connectivity index (χ4v) is 2.30. The molecule has 0 aliphatic carbocycles. The summed E-state index contributed by atoms with van der Waals surface area (Å²) in [6, 6.07) is 7.61. The number of hydrogen-bond donors (Lipinski definition) is 1. The molecule has 2 rings (SSSR count). The summed E-state index contributed by atoms with van der Waals surface area (Å²) in [5, 5.41) is 2.86. The molecule has 0 unspecified atom stereocenters. The van der Waals surface area contributed by atoms with Gasteiger partial charge in [-0.1, -0.05) is 12.1 Å². The second-order valence-electron chi connectivity index (χ2n) is 5.43. The Kier molecular flexibility index (Phi) is 5.57. The Hall–Kier alpha value is -1.85. The van der Waals surface area contributed by atoms with Crippen LogP contribution >= 0.6 is 0 Å². The maximum absolute atomic E-state index is 11.9. The summed E-state index contributed by atoms with van der Waals surface area (Å²) in [5.74, 6) is 0.114. The first-order valence-electron chi connectivity index (χ1n) is 7.41. The lowest BCUT2D eigenvalue weighted by Gasteiger charge is -2.21. The molecule has 1 heterocycles. The normalized spacial score (nSPS) is 17.3. The van der Waals surface area contributed by atoms with Gasteiger partial charge in [0.1, 0.15) is 5.75 Å². The fourth-order valence-electron chi connectivity index (χ4n) is 2.30. The van der Waals surface area contributed by atoms with Crippen molar-refractivity contribution < 1.29 is 19.0 Å². The van der Waals surface area contributed by atoms with Crippen molar-refractivity contribution in [2.75, 3.05) is 26.9 Å². The smallest absolute Gasteiger partial charge is 0.244 e. The summed E-state index contributed by atoms with van der Waals surface area (Å²) in [6.07, 6.45) is 2.23. The number of benzene rings is 1. The maximum atomic E-state index is 11.9. The Morgan fingerprint density at radius 3 is 2.55 bits per heavy atom. The van der Waals surface area contributed by atoms with E-state index in [1.54, 1.807) is 13.2 Å². The Labute approximate surface area is 131 Å². The van der Waals surface area contributed by atoms with E-state index >= 15 is 0 Å². The average molecular weight is 305 g/mol. The lowest BCUT2D eigenvalue weighted by molar-refractivity contribution is -0.146. The van der Waals surface area contributed by atoms with Crippen molar-refractivity contribution in [1.29, 1.82) is 0 Å². The van der Waals surface area contributed by atoms with Gasteiger partial charge in [-0.15, -0.1) is 0 Å². The second kappa shape index (κ2) is 7.42. The Bertz CT molecular complexity index is 530. The van der Waals surface area contributed by atoms with Crippen molar-refractivity contribution >= 4 is 11.5 Å². The highest BCUT2D eigenvalue weighted by atomic mass is 16.7. The molecule has 5 nitrogen and oxygen atoms in total. The van der Waals surface area contributed by atoms with Gasteiger partial charge in [-0.2, -0.15) is 0 Å². The highest BCUT2D eigenvalue weighted by Crippen LogP contribution is 2.21. The Morgan fingerprint density at radius 1 is 1.32 bits per heavy atom. The molecule has 0 bridgehead atoms. The average Bonchev–Trinajstić information content (AvgIpc) is 2.94. The van der Waals surface area contributed by atoms with E-state index in [0.29, 0.717) is 26.2 Å². The van der Waals surface area contributed by atoms with Crippen LogP contribution in [-0.4, -0.2) is 38.6 Å². The van der Waals surface area contributed by atoms with E-state index in [1.807, 2.05) is 38.1 Å². The van der Waals surface area contributed by atoms with E-state index in [2.05, 4.69) is 5.32 Å². The molecule has 22 heavy (non-hydrogen) atoms. The van der Waals surface area contributed by atoms with Crippen molar-refractivity contribution in [3.63, 3.8) is 0 Å². The topological polar surface area (TPSA) is 56.8 Å². The predicted molar refractivity (Wildman–Crippen MR) is 84.6 cm³/mol. The molecule has 120 valence electrons. The number of ether oxygens (including phenoxy) is 3. The number of carbonyl (C=O) groups excluding carboxylic acids is 1. The van der Waals surface area contributed by atoms with Gasteiger partial charge in [-0.3, -0.25) is 4.79 Å². The van der Waals surface area contributed by atoms with Gasteiger partial charge in [-0.05, 0) is 37.1 Å². The zero-order valence-electron chi connectivity index (χ0n) is 13.3. The van der Waals surface area contributed by atoms with Gasteiger partial charge in [0.05, 0.1) is 20.3 Å². The number of rotatable bonds is 6. The number of allylic oxidation sites excluding steroid dienone is 1. The number of amides is 1. The number of carbonyl (C=O) groups is 1. The highest BCUT2D eigenvalue weighted by Gasteiger charge is 2.30. The van der Waals surface area contributed by atoms with E-state index in [4.69, 9.17) is 14.2 Å². The van der Waals surface area contributed by atoms with Crippen molar-refractivity contribution in [3.8, 4) is 5.75 Å². The van der Waals surface area contributed by atoms with Crippen molar-refractivity contribution in [3.05, 3.63) is 35.9 Å². The number of nitrogens with one attached hydrogen (secondary N) is 1. The summed E-state index contributed by atoms with van der Waals surface area (Å²) in [7, 11) is 1.63. The van der Waals surface area contributed by atoms with Gasteiger partial charge >= 0.3 is 0 Å². The molecule has 1 aliphatic rings. The fraction of sp³-hybridized carbons (Fsp3) is 0.471. The third-order valence-corrected chi connectivity index (χ3v) is 3.67. The summed E-state index contributed by atoms with van der Waals surface area (Å²) < 4.78 is 16.1. The molecule has 0 saturated carbocycles. The minimum atomic E-state index is -0.567. The van der Waals surface area contributed by atoms with Crippen LogP contribution in [0.1, 0.15) is 25.8 Å². The SMILES string of the molecule is COc1ccc(/C(C)=C/C(=O)NCCC2(C)OCCO2)cc1. The van der Waals surface area contributed by atoms with Gasteiger partial charge < -0.3 is 19.5 Å². The molecule has 1 amide bonds. The summed E-state index contributed by atoms with van der Waals surface area (Å²) >= 11 is 0. The Balaban J connectivity index is 1.83. The van der Waals surface area contributed by atoms with Gasteiger partial charge in [-0.25, -0.2) is 0 Å². The van der Waals surface area contributed by atoms with Gasteiger partial charge in [0.2, 0.25) is 5.91 Å². The highest BCUT2D eigenvalue weighted by molar-refractivity contribution is 5.94. The van der Waals surface area contributed by atoms with Gasteiger partial charge in [0.25, 0.3) is 0 Å². The molecule has 5 heteroatoms. The minimum absolute atomic E-state index is 0.116. The predicted octanol–water partition coefficient (Wildman–Crippen LogP) is 2.37. The first-order chi connectivity index (χ1) is 10.5. The zero-order valence-corrected chi connectivity index (χ0v) is 13.3. The van der Waals surface area contributed by atoms with Crippen molar-refractivity contribution in [2.24, 2.45) is 0 Å². The molecule has 0 spiro atoms. The zero-order chi connectivity index (χ0) is 16.0. The van der Waals surface area contributed by atoms with Crippen molar-refractivity contribution in [1.82, 2.24) is 5.32 Å². The van der Waals surface area contributed by atoms with Crippen LogP contribution in [0.4, 0.5) is 0 Å². The van der Waals surface area contributed by atoms with Gasteiger partial charge in [0, 0.05) is 19.0 Å². The molecule has 0 aromatic heterocycles.